The number of isothiocyanates is 1. The lowest BCUT2D eigenvalue weighted by molar-refractivity contribution is 0.788. The first-order valence-electron chi connectivity index (χ1n) is 11.4. The van der Waals surface area contributed by atoms with Gasteiger partial charge in [0.15, 0.2) is 5.82 Å². The summed E-state index contributed by atoms with van der Waals surface area (Å²) in [6.07, 6.45) is 9.26. The van der Waals surface area contributed by atoms with Gasteiger partial charge in [0, 0.05) is 18.0 Å². The molecule has 0 aliphatic heterocycles. The van der Waals surface area contributed by atoms with Crippen LogP contribution in [-0.4, -0.2) is 15.1 Å². The quantitative estimate of drug-likeness (QED) is 0.194. The summed E-state index contributed by atoms with van der Waals surface area (Å²) in [6, 6.07) is 25.3. The van der Waals surface area contributed by atoms with E-state index >= 15 is 0 Å². The van der Waals surface area contributed by atoms with Crippen molar-refractivity contribution in [3.05, 3.63) is 102 Å². The van der Waals surface area contributed by atoms with Crippen molar-refractivity contribution in [1.82, 2.24) is 9.97 Å². The van der Waals surface area contributed by atoms with Gasteiger partial charge in [0.1, 0.15) is 0 Å². The van der Waals surface area contributed by atoms with E-state index in [2.05, 4.69) is 87.7 Å². The van der Waals surface area contributed by atoms with E-state index in [0.717, 1.165) is 36.3 Å². The Kier molecular flexibility index (Phi) is 7.86. The smallest absolute Gasteiger partial charge is 0.159 e. The van der Waals surface area contributed by atoms with Crippen LogP contribution in [0, 0.1) is 0 Å². The Balaban J connectivity index is 1.43. The summed E-state index contributed by atoms with van der Waals surface area (Å²) in [5.41, 5.74) is 8.16. The predicted molar refractivity (Wildman–Crippen MR) is 140 cm³/mol. The largest absolute Gasteiger partial charge is 0.236 e. The number of rotatable bonds is 9. The van der Waals surface area contributed by atoms with Crippen molar-refractivity contribution >= 4 is 23.1 Å². The van der Waals surface area contributed by atoms with Crippen LogP contribution in [0.5, 0.6) is 0 Å². The third-order valence-electron chi connectivity index (χ3n) is 5.79. The zero-order valence-corrected chi connectivity index (χ0v) is 19.7. The summed E-state index contributed by atoms with van der Waals surface area (Å²) in [6.45, 7) is 2.20. The molecule has 4 rings (SSSR count). The molecule has 0 fully saturated rings. The van der Waals surface area contributed by atoms with E-state index < -0.39 is 0 Å². The summed E-state index contributed by atoms with van der Waals surface area (Å²) in [4.78, 5) is 13.2. The van der Waals surface area contributed by atoms with Crippen molar-refractivity contribution in [2.24, 2.45) is 4.99 Å². The molecule has 0 amide bonds. The zero-order chi connectivity index (χ0) is 22.9. The van der Waals surface area contributed by atoms with E-state index in [4.69, 9.17) is 12.2 Å². The minimum Gasteiger partial charge on any atom is -0.236 e. The highest BCUT2D eigenvalue weighted by Crippen LogP contribution is 2.27. The minimum absolute atomic E-state index is 0.786. The van der Waals surface area contributed by atoms with E-state index in [1.165, 1.54) is 40.7 Å². The Morgan fingerprint density at radius 3 is 2.15 bits per heavy atom. The van der Waals surface area contributed by atoms with E-state index in [9.17, 15) is 0 Å². The molecular weight excluding hydrogens is 422 g/mol. The number of aromatic nitrogens is 2. The second kappa shape index (κ2) is 11.4. The fraction of sp³-hybridized carbons (Fsp3) is 0.207. The van der Waals surface area contributed by atoms with Crippen molar-refractivity contribution in [2.75, 3.05) is 0 Å². The first kappa shape index (κ1) is 22.7. The molecule has 0 aliphatic carbocycles. The molecule has 0 N–H and O–H groups in total. The van der Waals surface area contributed by atoms with Crippen LogP contribution in [0.25, 0.3) is 22.5 Å². The molecule has 0 aliphatic rings. The van der Waals surface area contributed by atoms with Gasteiger partial charge in [-0.25, -0.2) is 9.97 Å². The summed E-state index contributed by atoms with van der Waals surface area (Å²) >= 11 is 4.69. The highest BCUT2D eigenvalue weighted by Gasteiger charge is 2.07. The lowest BCUT2D eigenvalue weighted by atomic mass is 9.95. The highest BCUT2D eigenvalue weighted by atomic mass is 32.1. The van der Waals surface area contributed by atoms with Crippen molar-refractivity contribution in [3.63, 3.8) is 0 Å². The SMILES string of the molecule is CCCCc1cnc(-c2ccc(CCc3ccccc3-c3ccc(N=C=S)cc3)cc2)nc1. The van der Waals surface area contributed by atoms with Gasteiger partial charge >= 0.3 is 0 Å². The molecule has 3 aromatic carbocycles. The maximum Gasteiger partial charge on any atom is 0.159 e. The summed E-state index contributed by atoms with van der Waals surface area (Å²) in [5, 5.41) is 2.42. The van der Waals surface area contributed by atoms with Crippen molar-refractivity contribution in [3.8, 4) is 22.5 Å². The fourth-order valence-corrected chi connectivity index (χ4v) is 4.01. The maximum absolute atomic E-state index is 4.69. The van der Waals surface area contributed by atoms with Gasteiger partial charge in [-0.05, 0) is 77.9 Å². The molecule has 0 saturated carbocycles. The molecule has 0 saturated heterocycles. The third kappa shape index (κ3) is 6.07. The highest BCUT2D eigenvalue weighted by molar-refractivity contribution is 7.78. The number of aliphatic imine (C=N–C) groups is 1. The lowest BCUT2D eigenvalue weighted by Crippen LogP contribution is -1.96. The average Bonchev–Trinajstić information content (AvgIpc) is 2.88. The van der Waals surface area contributed by atoms with E-state index in [1.54, 1.807) is 0 Å². The molecule has 3 nitrogen and oxygen atoms in total. The second-order valence-electron chi connectivity index (χ2n) is 8.12. The molecule has 4 aromatic rings. The Labute approximate surface area is 201 Å². The van der Waals surface area contributed by atoms with Crippen molar-refractivity contribution in [2.45, 2.75) is 39.0 Å². The first-order valence-corrected chi connectivity index (χ1v) is 11.8. The van der Waals surface area contributed by atoms with Crippen molar-refractivity contribution in [1.29, 1.82) is 0 Å². The zero-order valence-electron chi connectivity index (χ0n) is 18.9. The number of unbranched alkanes of at least 4 members (excludes halogenated alkanes) is 1. The first-order chi connectivity index (χ1) is 16.3. The van der Waals surface area contributed by atoms with Gasteiger partial charge in [-0.1, -0.05) is 74.0 Å². The van der Waals surface area contributed by atoms with Crippen molar-refractivity contribution < 1.29 is 0 Å². The van der Waals surface area contributed by atoms with Crippen LogP contribution in [0.2, 0.25) is 0 Å². The second-order valence-corrected chi connectivity index (χ2v) is 8.31. The van der Waals surface area contributed by atoms with Crippen LogP contribution in [0.15, 0.2) is 90.2 Å². The Morgan fingerprint density at radius 2 is 1.45 bits per heavy atom. The molecule has 164 valence electrons. The number of nitrogens with zero attached hydrogens (tertiary/aromatic N) is 3. The van der Waals surface area contributed by atoms with Gasteiger partial charge in [-0.2, -0.15) is 4.99 Å². The molecule has 1 aromatic heterocycles. The molecule has 1 heterocycles. The van der Waals surface area contributed by atoms with Gasteiger partial charge in [-0.15, -0.1) is 0 Å². The van der Waals surface area contributed by atoms with E-state index in [-0.39, 0.29) is 0 Å². The van der Waals surface area contributed by atoms with Crippen LogP contribution in [0.1, 0.15) is 36.5 Å². The van der Waals surface area contributed by atoms with Crippen LogP contribution < -0.4 is 0 Å². The fourth-order valence-electron chi connectivity index (χ4n) is 3.90. The molecule has 0 atom stereocenters. The number of hydrogen-bond donors (Lipinski definition) is 0. The third-order valence-corrected chi connectivity index (χ3v) is 5.88. The Bertz CT molecular complexity index is 1220. The molecule has 0 bridgehead atoms. The lowest BCUT2D eigenvalue weighted by Gasteiger charge is -2.10. The minimum atomic E-state index is 0.786. The molecular formula is C29H27N3S. The molecule has 0 spiro atoms. The van der Waals surface area contributed by atoms with Gasteiger partial charge in [0.25, 0.3) is 0 Å². The Hall–Kier alpha value is -3.46. The van der Waals surface area contributed by atoms with E-state index in [0.29, 0.717) is 0 Å². The van der Waals surface area contributed by atoms with E-state index in [1.807, 2.05) is 24.5 Å². The summed E-state index contributed by atoms with van der Waals surface area (Å²) in [5.74, 6) is 0.786. The number of thiocarbonyl (C=S) groups is 1. The monoisotopic (exact) mass is 449 g/mol. The molecule has 0 radical (unpaired) electrons. The van der Waals surface area contributed by atoms with Crippen LogP contribution in [0.4, 0.5) is 5.69 Å². The van der Waals surface area contributed by atoms with Crippen LogP contribution in [0.3, 0.4) is 0 Å². The maximum atomic E-state index is 4.69. The summed E-state index contributed by atoms with van der Waals surface area (Å²) in [7, 11) is 0. The topological polar surface area (TPSA) is 38.1 Å². The molecule has 33 heavy (non-hydrogen) atoms. The number of benzene rings is 3. The predicted octanol–water partition coefficient (Wildman–Crippen LogP) is 7.67. The van der Waals surface area contributed by atoms with Crippen LogP contribution in [-0.2, 0) is 19.3 Å². The van der Waals surface area contributed by atoms with Gasteiger partial charge in [0.2, 0.25) is 0 Å². The molecule has 0 unspecified atom stereocenters. The molecule has 4 heteroatoms. The Morgan fingerprint density at radius 1 is 0.758 bits per heavy atom. The normalized spacial score (nSPS) is 10.6. The van der Waals surface area contributed by atoms with Gasteiger partial charge in [-0.3, -0.25) is 0 Å². The van der Waals surface area contributed by atoms with Gasteiger partial charge in [0.05, 0.1) is 10.8 Å². The average molecular weight is 450 g/mol. The summed E-state index contributed by atoms with van der Waals surface area (Å²) < 4.78 is 0. The number of hydrogen-bond acceptors (Lipinski definition) is 4. The van der Waals surface area contributed by atoms with Crippen LogP contribution >= 0.6 is 12.2 Å². The number of aryl methyl sites for hydroxylation is 3. The van der Waals surface area contributed by atoms with Gasteiger partial charge < -0.3 is 0 Å². The standard InChI is InChI=1S/C29H27N3S/c1-2-3-6-23-19-30-29(31-20-23)26-13-10-22(11-14-26)9-12-24-7-4-5-8-28(24)25-15-17-27(18-16-25)32-21-33/h4-5,7-8,10-11,13-20H,2-3,6,9,12H2,1H3.